The molecular weight excluding hydrogens is 312 g/mol. The van der Waals surface area contributed by atoms with Gasteiger partial charge in [0.2, 0.25) is 0 Å². The highest BCUT2D eigenvalue weighted by Crippen LogP contribution is 2.31. The summed E-state index contributed by atoms with van der Waals surface area (Å²) in [7, 11) is 0. The van der Waals surface area contributed by atoms with Crippen molar-refractivity contribution in [3.8, 4) is 0 Å². The number of carbonyl (C=O) groups is 1. The number of cyclic esters (lactones) is 1. The summed E-state index contributed by atoms with van der Waals surface area (Å²) in [4.78, 5) is 11.6. The van der Waals surface area contributed by atoms with Crippen LogP contribution in [0.25, 0.3) is 0 Å². The van der Waals surface area contributed by atoms with Crippen molar-refractivity contribution in [1.82, 2.24) is 0 Å². The SMILES string of the molecule is CCCCCC=CCC=CCC(O)CC1OC(=O)C1CCCCCC. The molecule has 3 heteroatoms. The number of rotatable bonds is 15. The Kier molecular flexibility index (Phi) is 12.4. The van der Waals surface area contributed by atoms with Gasteiger partial charge < -0.3 is 9.84 Å². The van der Waals surface area contributed by atoms with Crippen LogP contribution in [-0.2, 0) is 9.53 Å². The van der Waals surface area contributed by atoms with Gasteiger partial charge in [0.15, 0.2) is 0 Å². The molecule has 1 N–H and O–H groups in total. The van der Waals surface area contributed by atoms with E-state index in [0.717, 1.165) is 25.7 Å². The van der Waals surface area contributed by atoms with Gasteiger partial charge in [-0.1, -0.05) is 76.7 Å². The summed E-state index contributed by atoms with van der Waals surface area (Å²) in [6.07, 6.45) is 20.9. The van der Waals surface area contributed by atoms with Gasteiger partial charge in [-0.3, -0.25) is 4.79 Å². The summed E-state index contributed by atoms with van der Waals surface area (Å²) in [5.74, 6) is -0.0565. The quantitative estimate of drug-likeness (QED) is 0.233. The summed E-state index contributed by atoms with van der Waals surface area (Å²) in [6.45, 7) is 4.41. The molecule has 0 bridgehead atoms. The smallest absolute Gasteiger partial charge is 0.313 e. The van der Waals surface area contributed by atoms with E-state index >= 15 is 0 Å². The maximum atomic E-state index is 11.6. The predicted octanol–water partition coefficient (Wildman–Crippen LogP) is 5.72. The van der Waals surface area contributed by atoms with Crippen LogP contribution in [0.1, 0.15) is 90.9 Å². The van der Waals surface area contributed by atoms with Gasteiger partial charge in [-0.15, -0.1) is 0 Å². The van der Waals surface area contributed by atoms with Crippen molar-refractivity contribution in [1.29, 1.82) is 0 Å². The molecular formula is C22H38O3. The third-order valence-electron chi connectivity index (χ3n) is 4.88. The van der Waals surface area contributed by atoms with Crippen molar-refractivity contribution in [3.05, 3.63) is 24.3 Å². The van der Waals surface area contributed by atoms with E-state index in [1.807, 2.05) is 6.08 Å². The molecule has 3 nitrogen and oxygen atoms in total. The zero-order valence-electron chi connectivity index (χ0n) is 16.3. The van der Waals surface area contributed by atoms with Crippen LogP contribution in [0, 0.1) is 5.92 Å². The van der Waals surface area contributed by atoms with Gasteiger partial charge in [0.05, 0.1) is 12.0 Å². The summed E-state index contributed by atoms with van der Waals surface area (Å²) >= 11 is 0. The Morgan fingerprint density at radius 1 is 1.00 bits per heavy atom. The molecule has 0 spiro atoms. The first kappa shape index (κ1) is 22.0. The van der Waals surface area contributed by atoms with Crippen LogP contribution in [0.4, 0.5) is 0 Å². The van der Waals surface area contributed by atoms with Gasteiger partial charge in [-0.2, -0.15) is 0 Å². The maximum Gasteiger partial charge on any atom is 0.313 e. The second-order valence-corrected chi connectivity index (χ2v) is 7.23. The number of aliphatic hydroxyl groups is 1. The van der Waals surface area contributed by atoms with Gasteiger partial charge >= 0.3 is 5.97 Å². The number of aliphatic hydroxyl groups excluding tert-OH is 1. The number of hydrogen-bond acceptors (Lipinski definition) is 3. The number of ether oxygens (including phenoxy) is 1. The molecule has 0 radical (unpaired) electrons. The van der Waals surface area contributed by atoms with E-state index < -0.39 is 6.10 Å². The van der Waals surface area contributed by atoms with Crippen molar-refractivity contribution in [3.63, 3.8) is 0 Å². The number of allylic oxidation sites excluding steroid dienone is 3. The lowest BCUT2D eigenvalue weighted by atomic mass is 9.87. The third-order valence-corrected chi connectivity index (χ3v) is 4.88. The van der Waals surface area contributed by atoms with E-state index in [0.29, 0.717) is 12.8 Å². The van der Waals surface area contributed by atoms with Crippen molar-refractivity contribution in [2.45, 2.75) is 103 Å². The average Bonchev–Trinajstić information content (AvgIpc) is 2.59. The topological polar surface area (TPSA) is 46.5 Å². The van der Waals surface area contributed by atoms with Crippen molar-refractivity contribution in [2.75, 3.05) is 0 Å². The van der Waals surface area contributed by atoms with Crippen molar-refractivity contribution < 1.29 is 14.6 Å². The first-order valence-electron chi connectivity index (χ1n) is 10.4. The molecule has 1 fully saturated rings. The van der Waals surface area contributed by atoms with E-state index in [4.69, 9.17) is 4.74 Å². The molecule has 0 aliphatic carbocycles. The number of esters is 1. The van der Waals surface area contributed by atoms with Gasteiger partial charge in [-0.25, -0.2) is 0 Å². The zero-order chi connectivity index (χ0) is 18.3. The Hall–Kier alpha value is -1.09. The molecule has 1 aliphatic rings. The fourth-order valence-corrected chi connectivity index (χ4v) is 3.22. The second kappa shape index (κ2) is 14.1. The van der Waals surface area contributed by atoms with Crippen molar-refractivity contribution in [2.24, 2.45) is 5.92 Å². The Balaban J connectivity index is 2.11. The highest BCUT2D eigenvalue weighted by molar-refractivity contribution is 5.78. The minimum atomic E-state index is -0.416. The molecule has 0 aromatic carbocycles. The molecule has 25 heavy (non-hydrogen) atoms. The maximum absolute atomic E-state index is 11.6. The minimum Gasteiger partial charge on any atom is -0.461 e. The van der Waals surface area contributed by atoms with E-state index in [9.17, 15) is 9.90 Å². The van der Waals surface area contributed by atoms with Gasteiger partial charge in [0.25, 0.3) is 0 Å². The monoisotopic (exact) mass is 350 g/mol. The summed E-state index contributed by atoms with van der Waals surface area (Å²) in [5, 5.41) is 10.1. The van der Waals surface area contributed by atoms with Gasteiger partial charge in [0.1, 0.15) is 6.10 Å². The Morgan fingerprint density at radius 2 is 1.72 bits per heavy atom. The summed E-state index contributed by atoms with van der Waals surface area (Å²) < 4.78 is 5.24. The molecule has 1 rings (SSSR count). The van der Waals surface area contributed by atoms with E-state index in [1.54, 1.807) is 0 Å². The van der Waals surface area contributed by atoms with E-state index in [1.165, 1.54) is 38.5 Å². The summed E-state index contributed by atoms with van der Waals surface area (Å²) in [6, 6.07) is 0. The molecule has 0 aromatic heterocycles. The van der Waals surface area contributed by atoms with E-state index in [-0.39, 0.29) is 18.0 Å². The van der Waals surface area contributed by atoms with E-state index in [2.05, 4.69) is 32.1 Å². The highest BCUT2D eigenvalue weighted by atomic mass is 16.6. The van der Waals surface area contributed by atoms with Crippen molar-refractivity contribution >= 4 is 5.97 Å². The first-order chi connectivity index (χ1) is 12.2. The fourth-order valence-electron chi connectivity index (χ4n) is 3.22. The van der Waals surface area contributed by atoms with Crippen LogP contribution in [-0.4, -0.2) is 23.3 Å². The first-order valence-corrected chi connectivity index (χ1v) is 10.4. The largest absolute Gasteiger partial charge is 0.461 e. The molecule has 144 valence electrons. The van der Waals surface area contributed by atoms with Crippen LogP contribution in [0.2, 0.25) is 0 Å². The molecule has 1 aliphatic heterocycles. The van der Waals surface area contributed by atoms with Crippen LogP contribution in [0.5, 0.6) is 0 Å². The number of hydrogen-bond donors (Lipinski definition) is 1. The van der Waals surface area contributed by atoms with Gasteiger partial charge in [-0.05, 0) is 32.1 Å². The molecule has 0 amide bonds. The standard InChI is InChI=1S/C22H38O3/c1-3-5-7-9-10-11-12-13-14-16-19(23)18-21-20(22(24)25-21)17-15-8-6-4-2/h10-11,13-14,19-21,23H,3-9,12,15-18H2,1-2H3. The average molecular weight is 351 g/mol. The van der Waals surface area contributed by atoms with Crippen LogP contribution in [0.15, 0.2) is 24.3 Å². The lowest BCUT2D eigenvalue weighted by Gasteiger charge is -2.36. The molecule has 1 saturated heterocycles. The van der Waals surface area contributed by atoms with Crippen LogP contribution in [0.3, 0.4) is 0 Å². The second-order valence-electron chi connectivity index (χ2n) is 7.23. The van der Waals surface area contributed by atoms with Crippen LogP contribution < -0.4 is 0 Å². The highest BCUT2D eigenvalue weighted by Gasteiger charge is 2.42. The predicted molar refractivity (Wildman–Crippen MR) is 104 cm³/mol. The molecule has 0 aromatic rings. The normalized spacial score (nSPS) is 21.6. The fraction of sp³-hybridized carbons (Fsp3) is 0.773. The zero-order valence-corrected chi connectivity index (χ0v) is 16.3. The molecule has 0 saturated carbocycles. The molecule has 3 atom stereocenters. The molecule has 1 heterocycles. The minimum absolute atomic E-state index is 0.0153. The Morgan fingerprint density at radius 3 is 2.44 bits per heavy atom. The number of unbranched alkanes of at least 4 members (excludes halogenated alkanes) is 6. The van der Waals surface area contributed by atoms with Gasteiger partial charge in [0, 0.05) is 6.42 Å². The lowest BCUT2D eigenvalue weighted by Crippen LogP contribution is -2.46. The number of carbonyl (C=O) groups excluding carboxylic acids is 1. The summed E-state index contributed by atoms with van der Waals surface area (Å²) in [5.41, 5.74) is 0. The van der Waals surface area contributed by atoms with Crippen LogP contribution >= 0.6 is 0 Å². The lowest BCUT2D eigenvalue weighted by molar-refractivity contribution is -0.188. The molecule has 3 unspecified atom stereocenters. The Labute approximate surface area is 154 Å². The third kappa shape index (κ3) is 9.84. The Bertz CT molecular complexity index is 400.